The fourth-order valence-corrected chi connectivity index (χ4v) is 11.7. The zero-order valence-corrected chi connectivity index (χ0v) is 42.4. The molecular weight excluding hydrogens is 972 g/mol. The molecule has 342 valence electrons. The summed E-state index contributed by atoms with van der Waals surface area (Å²) in [5.41, 5.74) is 9.77. The summed E-state index contributed by atoms with van der Waals surface area (Å²) in [4.78, 5) is 12.5. The van der Waals surface area contributed by atoms with E-state index >= 15 is 0 Å². The van der Waals surface area contributed by atoms with E-state index in [9.17, 15) is 5.02 Å². The molecule has 4 aliphatic rings. The molecule has 2 aromatic carbocycles. The lowest BCUT2D eigenvalue weighted by molar-refractivity contribution is 0.0810. The van der Waals surface area contributed by atoms with Crippen molar-refractivity contribution in [3.05, 3.63) is 125 Å². The van der Waals surface area contributed by atoms with Crippen LogP contribution in [0.25, 0.3) is 24.3 Å². The van der Waals surface area contributed by atoms with E-state index in [0.29, 0.717) is 23.9 Å². The molecule has 2 aromatic heterocycles. The second kappa shape index (κ2) is 24.0. The van der Waals surface area contributed by atoms with Crippen LogP contribution in [0.5, 0.6) is 0 Å². The maximum atomic E-state index is 9.91. The molecule has 4 aromatic rings. The van der Waals surface area contributed by atoms with E-state index in [2.05, 4.69) is 115 Å². The van der Waals surface area contributed by atoms with Gasteiger partial charge in [0, 0.05) is 95.3 Å². The number of benzene rings is 2. The summed E-state index contributed by atoms with van der Waals surface area (Å²) in [6, 6.07) is 18.2. The van der Waals surface area contributed by atoms with Crippen molar-refractivity contribution >= 4 is 86.4 Å². The zero-order valence-electron chi connectivity index (χ0n) is 37.7. The minimum Gasteiger partial charge on any atom is -0.437 e. The fraction of sp³-hybridized carbons (Fsp3) is 0.490. The van der Waals surface area contributed by atoms with Gasteiger partial charge < -0.3 is 25.0 Å². The Hall–Kier alpha value is -2.42. The van der Waals surface area contributed by atoms with Crippen LogP contribution in [0, 0.1) is 11.8 Å². The summed E-state index contributed by atoms with van der Waals surface area (Å²) in [6.07, 6.45) is 22.5. The van der Waals surface area contributed by atoms with Gasteiger partial charge in [-0.3, -0.25) is 14.9 Å². The van der Waals surface area contributed by atoms with Crippen molar-refractivity contribution in [1.82, 2.24) is 25.4 Å². The molecule has 2 fully saturated rings. The Kier molecular flexibility index (Phi) is 18.6. The number of likely N-dealkylation sites (tertiary alicyclic amines) is 1. The molecule has 7 atom stereocenters. The van der Waals surface area contributed by atoms with Crippen LogP contribution in [0.15, 0.2) is 69.9 Å². The second-order valence-corrected chi connectivity index (χ2v) is 20.7. The normalized spacial score (nSPS) is 23.1. The van der Waals surface area contributed by atoms with Crippen molar-refractivity contribution in [1.29, 1.82) is 0 Å². The lowest BCUT2D eigenvalue weighted by Gasteiger charge is -2.44. The van der Waals surface area contributed by atoms with Gasteiger partial charge in [0.2, 0.25) is 0 Å². The highest BCUT2D eigenvalue weighted by Crippen LogP contribution is 2.46. The third kappa shape index (κ3) is 12.8. The van der Waals surface area contributed by atoms with Crippen LogP contribution in [0.2, 0.25) is 16.9 Å². The first-order valence-electron chi connectivity index (χ1n) is 23.2. The van der Waals surface area contributed by atoms with Gasteiger partial charge in [0.1, 0.15) is 0 Å². The Balaban J connectivity index is 0.000000197. The number of piperidine rings is 2. The largest absolute Gasteiger partial charge is 0.437 e. The van der Waals surface area contributed by atoms with Crippen LogP contribution in [-0.4, -0.2) is 92.1 Å². The molecule has 0 spiro atoms. The Morgan fingerprint density at radius 2 is 1.34 bits per heavy atom. The first-order valence-corrected chi connectivity index (χ1v) is 25.5. The highest BCUT2D eigenvalue weighted by atomic mass is 79.9. The standard InChI is InChI=1S/C28H38BBrClN3O2.C23H26BrClN2O/c1-4-24(33-29(2)35)18-34-12-11-20(16-25(34)6-5-13-36-3)27-26-10-9-23(31)15-19(26)7-8-21-14-22(30)17-32-28(21)27;1-28-10-2-3-20-13-16(8-9-26-20)22-21-7-6-19(25)12-15(21)4-5-17-11-18(24)14-27-23(17)22/h7-10,14-15,17,20,24-25,27,33,35H,4-6,11-13,16,18H2,1-3H3;4-7,11-12,14,16,20,22,26H,2-3,8-10,13H2,1H3/t20?,24?,25-,27?;16?,20-,22?/m00/s1. The highest BCUT2D eigenvalue weighted by Gasteiger charge is 2.38. The molecule has 8 nitrogen and oxygen atoms in total. The van der Waals surface area contributed by atoms with Crippen molar-refractivity contribution in [3.8, 4) is 0 Å². The maximum Gasteiger partial charge on any atom is 0.373 e. The van der Waals surface area contributed by atoms with Gasteiger partial charge >= 0.3 is 7.05 Å². The monoisotopic (exact) mass is 1030 g/mol. The summed E-state index contributed by atoms with van der Waals surface area (Å²) in [5, 5.41) is 18.5. The molecule has 2 saturated heterocycles. The quantitative estimate of drug-likeness (QED) is 0.0801. The first-order chi connectivity index (χ1) is 31.0. The van der Waals surface area contributed by atoms with Gasteiger partial charge in [-0.25, -0.2) is 0 Å². The number of fused-ring (bicyclic) bond motifs is 4. The lowest BCUT2D eigenvalue weighted by Crippen LogP contribution is -2.52. The molecular formula is C51H64BBr2Cl2N5O3. The Morgan fingerprint density at radius 3 is 1.89 bits per heavy atom. The average Bonchev–Trinajstić information content (AvgIpc) is 3.54. The predicted molar refractivity (Wildman–Crippen MR) is 274 cm³/mol. The Bertz CT molecular complexity index is 2120. The van der Waals surface area contributed by atoms with Gasteiger partial charge in [-0.2, -0.15) is 0 Å². The molecule has 5 unspecified atom stereocenters. The summed E-state index contributed by atoms with van der Waals surface area (Å²) in [7, 11) is 3.06. The molecule has 8 rings (SSSR count). The van der Waals surface area contributed by atoms with Crippen LogP contribution in [0.1, 0.15) is 121 Å². The minimum atomic E-state index is -0.497. The number of hydrogen-bond acceptors (Lipinski definition) is 8. The molecule has 3 N–H and O–H groups in total. The summed E-state index contributed by atoms with van der Waals surface area (Å²) >= 11 is 19.9. The van der Waals surface area contributed by atoms with Crippen LogP contribution in [-0.2, 0) is 9.47 Å². The number of nitrogens with zero attached hydrogens (tertiary/aromatic N) is 3. The van der Waals surface area contributed by atoms with E-state index in [1.54, 1.807) is 21.0 Å². The van der Waals surface area contributed by atoms with Crippen molar-refractivity contribution in [2.24, 2.45) is 11.8 Å². The third-order valence-electron chi connectivity index (χ3n) is 13.6. The number of nitrogens with one attached hydrogen (secondary N) is 2. The molecule has 0 radical (unpaired) electrons. The molecule has 13 heteroatoms. The van der Waals surface area contributed by atoms with Crippen LogP contribution < -0.4 is 10.5 Å². The maximum absolute atomic E-state index is 9.91. The van der Waals surface area contributed by atoms with Gasteiger partial charge in [0.15, 0.2) is 0 Å². The SMILES string of the molecule is CCC(CN1CCC(C2c3ccc(Cl)cc3C=Cc3cc(Br)cnc32)C[C@@H]1CCCOC)NB(C)O.COCCC[C@H]1CC(C2c3ccc(Cl)cc3C=Cc3cc(Br)cnc32)CCN1. The molecule has 0 amide bonds. The lowest BCUT2D eigenvalue weighted by atomic mass is 9.73. The summed E-state index contributed by atoms with van der Waals surface area (Å²) < 4.78 is 12.7. The Labute approximate surface area is 408 Å². The number of pyridine rings is 2. The molecule has 64 heavy (non-hydrogen) atoms. The number of aromatic nitrogens is 2. The van der Waals surface area contributed by atoms with Crippen molar-refractivity contribution < 1.29 is 14.5 Å². The number of halogens is 4. The smallest absolute Gasteiger partial charge is 0.373 e. The summed E-state index contributed by atoms with van der Waals surface area (Å²) in [6.45, 7) is 8.65. The molecule has 4 heterocycles. The number of methoxy groups -OCH3 is 2. The van der Waals surface area contributed by atoms with Gasteiger partial charge in [-0.05, 0) is 191 Å². The number of ether oxygens (including phenoxy) is 2. The van der Waals surface area contributed by atoms with E-state index in [1.165, 1.54) is 39.1 Å². The molecule has 0 bridgehead atoms. The summed E-state index contributed by atoms with van der Waals surface area (Å²) in [5.74, 6) is 1.55. The predicted octanol–water partition coefficient (Wildman–Crippen LogP) is 12.0. The third-order valence-corrected chi connectivity index (χ3v) is 15.0. The highest BCUT2D eigenvalue weighted by molar-refractivity contribution is 9.10. The van der Waals surface area contributed by atoms with Gasteiger partial charge in [0.25, 0.3) is 0 Å². The van der Waals surface area contributed by atoms with Crippen molar-refractivity contribution in [3.63, 3.8) is 0 Å². The van der Waals surface area contributed by atoms with E-state index < -0.39 is 7.05 Å². The van der Waals surface area contributed by atoms with Crippen molar-refractivity contribution in [2.45, 2.75) is 101 Å². The second-order valence-electron chi connectivity index (χ2n) is 18.0. The van der Waals surface area contributed by atoms with Crippen LogP contribution in [0.3, 0.4) is 0 Å². The fourth-order valence-electron chi connectivity index (χ4n) is 10.7. The van der Waals surface area contributed by atoms with E-state index in [4.69, 9.17) is 42.6 Å². The van der Waals surface area contributed by atoms with Gasteiger partial charge in [-0.15, -0.1) is 0 Å². The van der Waals surface area contributed by atoms with Gasteiger partial charge in [-0.1, -0.05) is 66.6 Å². The van der Waals surface area contributed by atoms with Crippen LogP contribution in [0.4, 0.5) is 0 Å². The first kappa shape index (κ1) is 49.5. The Morgan fingerprint density at radius 1 is 0.797 bits per heavy atom. The topological polar surface area (TPSA) is 91.8 Å². The molecule has 2 aliphatic heterocycles. The molecule has 0 saturated carbocycles. The average molecular weight is 1040 g/mol. The molecule has 2 aliphatic carbocycles. The van der Waals surface area contributed by atoms with Crippen molar-refractivity contribution in [2.75, 3.05) is 47.1 Å². The van der Waals surface area contributed by atoms with E-state index in [-0.39, 0.29) is 17.9 Å². The minimum absolute atomic E-state index is 0.222. The van der Waals surface area contributed by atoms with Gasteiger partial charge in [0.05, 0.1) is 11.4 Å². The number of rotatable bonds is 15. The van der Waals surface area contributed by atoms with Crippen LogP contribution >= 0.6 is 55.1 Å². The zero-order chi connectivity index (χ0) is 45.2. The number of hydrogen-bond donors (Lipinski definition) is 3. The van der Waals surface area contributed by atoms with E-state index in [1.807, 2.05) is 24.5 Å². The van der Waals surface area contributed by atoms with E-state index in [0.717, 1.165) is 115 Å².